The molecular formula is C28H22O3. The quantitative estimate of drug-likeness (QED) is 0.285. The van der Waals surface area contributed by atoms with E-state index in [0.717, 1.165) is 44.9 Å². The zero-order valence-electron chi connectivity index (χ0n) is 17.0. The summed E-state index contributed by atoms with van der Waals surface area (Å²) < 4.78 is 18.3. The Hall–Kier alpha value is -3.98. The molecular weight excluding hydrogens is 384 g/mol. The molecule has 0 saturated carbocycles. The Morgan fingerprint density at radius 2 is 1.10 bits per heavy atom. The fraction of sp³-hybridized carbons (Fsp3) is 0.0714. The third-order valence-corrected chi connectivity index (χ3v) is 5.09. The van der Waals surface area contributed by atoms with Crippen LogP contribution in [0.5, 0.6) is 11.5 Å². The van der Waals surface area contributed by atoms with Gasteiger partial charge in [-0.15, -0.1) is 0 Å². The maximum Gasteiger partial charge on any atom is 0.135 e. The van der Waals surface area contributed by atoms with Crippen LogP contribution in [0, 0.1) is 0 Å². The average molecular weight is 406 g/mol. The fourth-order valence-corrected chi connectivity index (χ4v) is 3.49. The average Bonchev–Trinajstić information content (AvgIpc) is 3.27. The molecule has 0 amide bonds. The molecule has 0 atom stereocenters. The van der Waals surface area contributed by atoms with Gasteiger partial charge in [-0.2, -0.15) is 0 Å². The summed E-state index contributed by atoms with van der Waals surface area (Å²) in [5.74, 6) is 2.27. The lowest BCUT2D eigenvalue weighted by Gasteiger charge is -2.12. The number of fused-ring (bicyclic) bond motifs is 1. The number of furan rings is 1. The third kappa shape index (κ3) is 4.62. The molecule has 0 aliphatic rings. The molecule has 0 saturated heterocycles. The van der Waals surface area contributed by atoms with E-state index >= 15 is 0 Å². The van der Waals surface area contributed by atoms with Crippen LogP contribution in [0.3, 0.4) is 0 Å². The topological polar surface area (TPSA) is 31.6 Å². The molecule has 1 heterocycles. The number of benzene rings is 4. The minimum absolute atomic E-state index is 0.489. The Kier molecular flexibility index (Phi) is 5.40. The molecule has 0 unspecified atom stereocenters. The van der Waals surface area contributed by atoms with Gasteiger partial charge in [-0.05, 0) is 35.4 Å². The highest BCUT2D eigenvalue weighted by atomic mass is 16.5. The zero-order chi connectivity index (χ0) is 20.9. The number of rotatable bonds is 7. The van der Waals surface area contributed by atoms with Gasteiger partial charge in [0.2, 0.25) is 0 Å². The van der Waals surface area contributed by atoms with E-state index in [0.29, 0.717) is 13.2 Å². The molecule has 0 aliphatic heterocycles. The predicted octanol–water partition coefficient (Wildman–Crippen LogP) is 7.26. The van der Waals surface area contributed by atoms with E-state index in [-0.39, 0.29) is 0 Å². The smallest absolute Gasteiger partial charge is 0.135 e. The Labute approximate surface area is 181 Å². The highest BCUT2D eigenvalue weighted by molar-refractivity contribution is 5.83. The van der Waals surface area contributed by atoms with Gasteiger partial charge >= 0.3 is 0 Å². The van der Waals surface area contributed by atoms with Crippen molar-refractivity contribution in [1.29, 1.82) is 0 Å². The largest absolute Gasteiger partial charge is 0.489 e. The van der Waals surface area contributed by atoms with E-state index in [1.807, 2.05) is 84.9 Å². The van der Waals surface area contributed by atoms with E-state index < -0.39 is 0 Å². The first kappa shape index (κ1) is 19.0. The summed E-state index contributed by atoms with van der Waals surface area (Å²) in [4.78, 5) is 0. The summed E-state index contributed by atoms with van der Waals surface area (Å²) in [7, 11) is 0. The van der Waals surface area contributed by atoms with Crippen molar-refractivity contribution in [3.63, 3.8) is 0 Å². The molecule has 5 rings (SSSR count). The van der Waals surface area contributed by atoms with E-state index in [2.05, 4.69) is 24.3 Å². The third-order valence-electron chi connectivity index (χ3n) is 5.09. The lowest BCUT2D eigenvalue weighted by Crippen LogP contribution is -1.98. The molecule has 3 heteroatoms. The van der Waals surface area contributed by atoms with Gasteiger partial charge in [0.15, 0.2) is 0 Å². The van der Waals surface area contributed by atoms with E-state index in [1.165, 1.54) is 0 Å². The second-order valence-corrected chi connectivity index (χ2v) is 7.39. The number of para-hydroxylation sites is 1. The monoisotopic (exact) mass is 406 g/mol. The van der Waals surface area contributed by atoms with Crippen molar-refractivity contribution >= 4 is 11.0 Å². The van der Waals surface area contributed by atoms with Crippen LogP contribution in [0.1, 0.15) is 11.1 Å². The second-order valence-electron chi connectivity index (χ2n) is 7.39. The van der Waals surface area contributed by atoms with Gasteiger partial charge in [0, 0.05) is 17.0 Å². The van der Waals surface area contributed by atoms with Crippen LogP contribution in [0.25, 0.3) is 22.3 Å². The fourth-order valence-electron chi connectivity index (χ4n) is 3.49. The van der Waals surface area contributed by atoms with Gasteiger partial charge in [0.05, 0.1) is 0 Å². The van der Waals surface area contributed by atoms with Gasteiger partial charge in [0.25, 0.3) is 0 Å². The number of hydrogen-bond donors (Lipinski definition) is 0. The van der Waals surface area contributed by atoms with Crippen LogP contribution in [0.15, 0.2) is 114 Å². The van der Waals surface area contributed by atoms with E-state index in [9.17, 15) is 0 Å². The summed E-state index contributed by atoms with van der Waals surface area (Å²) >= 11 is 0. The predicted molar refractivity (Wildman–Crippen MR) is 123 cm³/mol. The second kappa shape index (κ2) is 8.80. The molecule has 1 aromatic heterocycles. The minimum Gasteiger partial charge on any atom is -0.489 e. The van der Waals surface area contributed by atoms with Gasteiger partial charge in [-0.3, -0.25) is 0 Å². The summed E-state index contributed by atoms with van der Waals surface area (Å²) in [5.41, 5.74) is 4.01. The molecule has 3 nitrogen and oxygen atoms in total. The molecule has 4 aromatic carbocycles. The molecule has 0 bridgehead atoms. The molecule has 31 heavy (non-hydrogen) atoms. The van der Waals surface area contributed by atoms with Crippen LogP contribution in [0.4, 0.5) is 0 Å². The minimum atomic E-state index is 0.489. The maximum absolute atomic E-state index is 6.10. The lowest BCUT2D eigenvalue weighted by atomic mass is 10.1. The standard InChI is InChI=1S/C28H22O3/c1-3-9-21(10-4-1)19-29-25-15-24(28-17-23-13-7-8-14-27(23)31-28)16-26(18-25)30-20-22-11-5-2-6-12-22/h1-18H,19-20H2. The molecule has 5 aromatic rings. The Bertz CT molecular complexity index is 1180. The molecule has 0 aliphatic carbocycles. The molecule has 0 N–H and O–H groups in total. The number of hydrogen-bond acceptors (Lipinski definition) is 3. The highest BCUT2D eigenvalue weighted by Crippen LogP contribution is 2.34. The van der Waals surface area contributed by atoms with Crippen molar-refractivity contribution in [2.45, 2.75) is 13.2 Å². The summed E-state index contributed by atoms with van der Waals surface area (Å²) in [6, 6.07) is 36.2. The van der Waals surface area contributed by atoms with Crippen molar-refractivity contribution < 1.29 is 13.9 Å². The number of ether oxygens (including phenoxy) is 2. The van der Waals surface area contributed by atoms with Crippen LogP contribution < -0.4 is 9.47 Å². The van der Waals surface area contributed by atoms with Gasteiger partial charge in [-0.25, -0.2) is 0 Å². The maximum atomic E-state index is 6.10. The highest BCUT2D eigenvalue weighted by Gasteiger charge is 2.11. The zero-order valence-corrected chi connectivity index (χ0v) is 17.0. The summed E-state index contributed by atoms with van der Waals surface area (Å²) in [6.45, 7) is 0.977. The molecule has 152 valence electrons. The normalized spacial score (nSPS) is 10.8. The van der Waals surface area contributed by atoms with Crippen LogP contribution in [-0.4, -0.2) is 0 Å². The van der Waals surface area contributed by atoms with Crippen molar-refractivity contribution in [2.24, 2.45) is 0 Å². The van der Waals surface area contributed by atoms with Crippen molar-refractivity contribution in [1.82, 2.24) is 0 Å². The lowest BCUT2D eigenvalue weighted by molar-refractivity contribution is 0.290. The molecule has 0 fully saturated rings. The first-order valence-electron chi connectivity index (χ1n) is 10.3. The summed E-state index contributed by atoms with van der Waals surface area (Å²) in [5, 5.41) is 1.07. The Balaban J connectivity index is 1.45. The van der Waals surface area contributed by atoms with E-state index in [4.69, 9.17) is 13.9 Å². The van der Waals surface area contributed by atoms with Crippen molar-refractivity contribution in [3.05, 3.63) is 120 Å². The first-order valence-corrected chi connectivity index (χ1v) is 10.3. The van der Waals surface area contributed by atoms with Crippen LogP contribution >= 0.6 is 0 Å². The SMILES string of the molecule is c1ccc(COc2cc(OCc3ccccc3)cc(-c3cc4ccccc4o3)c2)cc1. The Morgan fingerprint density at radius 3 is 1.68 bits per heavy atom. The van der Waals surface area contributed by atoms with Gasteiger partial charge in [0.1, 0.15) is 36.1 Å². The van der Waals surface area contributed by atoms with Gasteiger partial charge in [-0.1, -0.05) is 78.9 Å². The van der Waals surface area contributed by atoms with Crippen LogP contribution in [0.2, 0.25) is 0 Å². The van der Waals surface area contributed by atoms with E-state index in [1.54, 1.807) is 0 Å². The molecule has 0 radical (unpaired) electrons. The van der Waals surface area contributed by atoms with Gasteiger partial charge < -0.3 is 13.9 Å². The van der Waals surface area contributed by atoms with Crippen molar-refractivity contribution in [2.75, 3.05) is 0 Å². The van der Waals surface area contributed by atoms with Crippen molar-refractivity contribution in [3.8, 4) is 22.8 Å². The Morgan fingerprint density at radius 1 is 0.548 bits per heavy atom. The molecule has 0 spiro atoms. The van der Waals surface area contributed by atoms with Crippen LogP contribution in [-0.2, 0) is 13.2 Å². The first-order chi connectivity index (χ1) is 15.3. The summed E-state index contributed by atoms with van der Waals surface area (Å²) in [6.07, 6.45) is 0.